The van der Waals surface area contributed by atoms with Crippen LogP contribution in [0, 0.1) is 5.92 Å². The summed E-state index contributed by atoms with van der Waals surface area (Å²) in [5.74, 6) is 1.69. The van der Waals surface area contributed by atoms with Crippen LogP contribution in [0.15, 0.2) is 6.33 Å². The van der Waals surface area contributed by atoms with Crippen molar-refractivity contribution in [2.24, 2.45) is 11.7 Å². The molecule has 0 saturated heterocycles. The Morgan fingerprint density at radius 3 is 2.84 bits per heavy atom. The van der Waals surface area contributed by atoms with Gasteiger partial charge in [-0.15, -0.1) is 0 Å². The van der Waals surface area contributed by atoms with E-state index in [0.29, 0.717) is 5.92 Å². The van der Waals surface area contributed by atoms with E-state index in [9.17, 15) is 0 Å². The average Bonchev–Trinajstić information content (AvgIpc) is 2.70. The van der Waals surface area contributed by atoms with Gasteiger partial charge >= 0.3 is 0 Å². The van der Waals surface area contributed by atoms with Gasteiger partial charge in [0.2, 0.25) is 0 Å². The quantitative estimate of drug-likeness (QED) is 0.776. The van der Waals surface area contributed by atoms with E-state index >= 15 is 0 Å². The van der Waals surface area contributed by atoms with Crippen molar-refractivity contribution < 1.29 is 0 Å². The van der Waals surface area contributed by atoms with Crippen LogP contribution in [-0.4, -0.2) is 38.8 Å². The van der Waals surface area contributed by atoms with Crippen LogP contribution in [-0.2, 0) is 13.1 Å². The Morgan fingerprint density at radius 1 is 1.47 bits per heavy atom. The van der Waals surface area contributed by atoms with Crippen LogP contribution in [0.1, 0.15) is 45.4 Å². The molecule has 108 valence electrons. The van der Waals surface area contributed by atoms with Crippen LogP contribution >= 0.6 is 0 Å². The minimum Gasteiger partial charge on any atom is -0.330 e. The third-order valence-electron chi connectivity index (χ3n) is 3.82. The number of nitrogens with zero attached hydrogens (tertiary/aromatic N) is 4. The van der Waals surface area contributed by atoms with Crippen molar-refractivity contribution >= 4 is 0 Å². The maximum absolute atomic E-state index is 5.65. The first-order valence-electron chi connectivity index (χ1n) is 7.51. The molecule has 2 rings (SSSR count). The fraction of sp³-hybridized carbons (Fsp3) is 0.857. The van der Waals surface area contributed by atoms with Gasteiger partial charge in [-0.05, 0) is 31.7 Å². The van der Waals surface area contributed by atoms with Crippen molar-refractivity contribution in [3.05, 3.63) is 12.2 Å². The third-order valence-corrected chi connectivity index (χ3v) is 3.82. The summed E-state index contributed by atoms with van der Waals surface area (Å²) >= 11 is 0. The Hall–Kier alpha value is -0.940. The van der Waals surface area contributed by atoms with E-state index < -0.39 is 0 Å². The summed E-state index contributed by atoms with van der Waals surface area (Å²) in [6, 6.07) is 0.732. The topological polar surface area (TPSA) is 60.0 Å². The molecule has 5 heteroatoms. The molecule has 19 heavy (non-hydrogen) atoms. The predicted molar refractivity (Wildman–Crippen MR) is 76.6 cm³/mol. The molecule has 1 aromatic heterocycles. The van der Waals surface area contributed by atoms with Gasteiger partial charge in [-0.25, -0.2) is 9.67 Å². The first kappa shape index (κ1) is 14.5. The summed E-state index contributed by atoms with van der Waals surface area (Å²) in [7, 11) is 0. The van der Waals surface area contributed by atoms with Crippen LogP contribution in [0.4, 0.5) is 0 Å². The van der Waals surface area contributed by atoms with Crippen LogP contribution < -0.4 is 5.73 Å². The van der Waals surface area contributed by atoms with Crippen LogP contribution in [0.25, 0.3) is 0 Å². The van der Waals surface area contributed by atoms with Crippen LogP contribution in [0.5, 0.6) is 0 Å². The molecule has 1 aromatic rings. The standard InChI is InChI=1S/C14H27N5/c1-12(2)9-19-14(16-11-17-19)10-18(8-4-7-15)13-5-3-6-13/h11-13H,3-10,15H2,1-2H3. The molecule has 0 spiro atoms. The van der Waals surface area contributed by atoms with E-state index in [1.165, 1.54) is 19.3 Å². The molecule has 5 nitrogen and oxygen atoms in total. The van der Waals surface area contributed by atoms with Crippen molar-refractivity contribution in [1.82, 2.24) is 19.7 Å². The molecule has 2 N–H and O–H groups in total. The smallest absolute Gasteiger partial charge is 0.141 e. The third kappa shape index (κ3) is 4.01. The van der Waals surface area contributed by atoms with Crippen molar-refractivity contribution in [2.45, 2.75) is 58.7 Å². The zero-order valence-electron chi connectivity index (χ0n) is 12.3. The average molecular weight is 265 g/mol. The lowest BCUT2D eigenvalue weighted by molar-refractivity contribution is 0.113. The van der Waals surface area contributed by atoms with E-state index in [2.05, 4.69) is 33.5 Å². The zero-order valence-corrected chi connectivity index (χ0v) is 12.3. The molecule has 0 bridgehead atoms. The van der Waals surface area contributed by atoms with Gasteiger partial charge in [0.1, 0.15) is 12.2 Å². The SMILES string of the molecule is CC(C)Cn1ncnc1CN(CCCN)C1CCC1. The van der Waals surface area contributed by atoms with Gasteiger partial charge in [0.15, 0.2) is 0 Å². The molecule has 0 aliphatic heterocycles. The second-order valence-corrected chi connectivity index (χ2v) is 5.95. The number of hydrogen-bond acceptors (Lipinski definition) is 4. The summed E-state index contributed by atoms with van der Waals surface area (Å²) in [4.78, 5) is 6.98. The second-order valence-electron chi connectivity index (χ2n) is 5.95. The molecule has 1 saturated carbocycles. The van der Waals surface area contributed by atoms with Gasteiger partial charge < -0.3 is 5.73 Å². The van der Waals surface area contributed by atoms with Gasteiger partial charge in [-0.1, -0.05) is 20.3 Å². The van der Waals surface area contributed by atoms with Gasteiger partial charge in [-0.3, -0.25) is 4.90 Å². The van der Waals surface area contributed by atoms with Gasteiger partial charge in [-0.2, -0.15) is 5.10 Å². The maximum Gasteiger partial charge on any atom is 0.141 e. The van der Waals surface area contributed by atoms with E-state index in [4.69, 9.17) is 5.73 Å². The molecule has 1 fully saturated rings. The van der Waals surface area contributed by atoms with Crippen LogP contribution in [0.3, 0.4) is 0 Å². The first-order chi connectivity index (χ1) is 9.20. The molecule has 1 aliphatic carbocycles. The minimum atomic E-state index is 0.599. The monoisotopic (exact) mass is 265 g/mol. The highest BCUT2D eigenvalue weighted by atomic mass is 15.4. The Kier molecular flexibility index (Phi) is 5.34. The largest absolute Gasteiger partial charge is 0.330 e. The molecule has 0 aromatic carbocycles. The lowest BCUT2D eigenvalue weighted by Crippen LogP contribution is -2.41. The highest BCUT2D eigenvalue weighted by molar-refractivity contribution is 4.89. The van der Waals surface area contributed by atoms with Crippen molar-refractivity contribution in [3.8, 4) is 0 Å². The summed E-state index contributed by atoms with van der Waals surface area (Å²) in [5, 5.41) is 4.35. The number of hydrogen-bond donors (Lipinski definition) is 1. The fourth-order valence-electron chi connectivity index (χ4n) is 2.53. The van der Waals surface area contributed by atoms with Crippen molar-refractivity contribution in [3.63, 3.8) is 0 Å². The predicted octanol–water partition coefficient (Wildman–Crippen LogP) is 1.64. The Balaban J connectivity index is 1.97. The molecule has 0 atom stereocenters. The molecular weight excluding hydrogens is 238 g/mol. The van der Waals surface area contributed by atoms with E-state index in [-0.39, 0.29) is 0 Å². The van der Waals surface area contributed by atoms with Crippen molar-refractivity contribution in [2.75, 3.05) is 13.1 Å². The van der Waals surface area contributed by atoms with Crippen molar-refractivity contribution in [1.29, 1.82) is 0 Å². The Labute approximate surface area is 116 Å². The van der Waals surface area contributed by atoms with Gasteiger partial charge in [0.05, 0.1) is 6.54 Å². The lowest BCUT2D eigenvalue weighted by atomic mass is 9.91. The normalized spacial score (nSPS) is 16.3. The molecule has 1 aliphatic rings. The molecule has 0 amide bonds. The summed E-state index contributed by atoms with van der Waals surface area (Å²) in [6.45, 7) is 8.13. The molecular formula is C14H27N5. The molecule has 0 unspecified atom stereocenters. The number of rotatable bonds is 8. The number of aromatic nitrogens is 3. The fourth-order valence-corrected chi connectivity index (χ4v) is 2.53. The molecule has 0 radical (unpaired) electrons. The lowest BCUT2D eigenvalue weighted by Gasteiger charge is -2.37. The van der Waals surface area contributed by atoms with E-state index in [0.717, 1.165) is 44.5 Å². The Bertz CT molecular complexity index is 370. The molecule has 1 heterocycles. The van der Waals surface area contributed by atoms with Gasteiger partial charge in [0, 0.05) is 19.1 Å². The number of nitrogens with two attached hydrogens (primary N) is 1. The highest BCUT2D eigenvalue weighted by Crippen LogP contribution is 2.26. The van der Waals surface area contributed by atoms with E-state index in [1.807, 2.05) is 0 Å². The minimum absolute atomic E-state index is 0.599. The second kappa shape index (κ2) is 7.01. The summed E-state index contributed by atoms with van der Waals surface area (Å²) < 4.78 is 2.05. The van der Waals surface area contributed by atoms with Gasteiger partial charge in [0.25, 0.3) is 0 Å². The van der Waals surface area contributed by atoms with E-state index in [1.54, 1.807) is 6.33 Å². The summed E-state index contributed by atoms with van der Waals surface area (Å²) in [5.41, 5.74) is 5.65. The highest BCUT2D eigenvalue weighted by Gasteiger charge is 2.25. The first-order valence-corrected chi connectivity index (χ1v) is 7.51. The Morgan fingerprint density at radius 2 is 2.26 bits per heavy atom. The maximum atomic E-state index is 5.65. The summed E-state index contributed by atoms with van der Waals surface area (Å²) in [6.07, 6.45) is 6.75. The zero-order chi connectivity index (χ0) is 13.7. The van der Waals surface area contributed by atoms with Crippen LogP contribution in [0.2, 0.25) is 0 Å².